The van der Waals surface area contributed by atoms with Gasteiger partial charge in [0.05, 0.1) is 12.1 Å². The quantitative estimate of drug-likeness (QED) is 0.247. The molecule has 0 bridgehead atoms. The Hall–Kier alpha value is -2.46. The second-order valence-corrected chi connectivity index (χ2v) is 8.18. The van der Waals surface area contributed by atoms with E-state index in [2.05, 4.69) is 21.4 Å². The van der Waals surface area contributed by atoms with Gasteiger partial charge in [0.15, 0.2) is 11.5 Å². The van der Waals surface area contributed by atoms with Crippen LogP contribution in [0.5, 0.6) is 11.5 Å². The molecule has 10 heteroatoms. The number of nitrogens with zero attached hydrogens (tertiary/aromatic N) is 2. The number of ether oxygens (including phenoxy) is 2. The normalized spacial score (nSPS) is 11.2. The molecule has 0 aliphatic heterocycles. The van der Waals surface area contributed by atoms with Gasteiger partial charge in [0.2, 0.25) is 0 Å². The Kier molecular flexibility index (Phi) is 7.81. The monoisotopic (exact) mass is 458 g/mol. The minimum Gasteiger partial charge on any atom is -0.431 e. The summed E-state index contributed by atoms with van der Waals surface area (Å²) in [5, 5.41) is 0. The van der Waals surface area contributed by atoms with Gasteiger partial charge in [-0.1, -0.05) is 6.92 Å². The van der Waals surface area contributed by atoms with Crippen molar-refractivity contribution in [3.05, 3.63) is 59.0 Å². The first kappa shape index (κ1) is 22.2. The molecule has 4 nitrogen and oxygen atoms in total. The van der Waals surface area contributed by atoms with Crippen molar-refractivity contribution in [3.63, 3.8) is 0 Å². The highest BCUT2D eigenvalue weighted by molar-refractivity contribution is 7.99. The van der Waals surface area contributed by atoms with Crippen molar-refractivity contribution in [2.24, 2.45) is 0 Å². The van der Waals surface area contributed by atoms with E-state index in [1.165, 1.54) is 29.5 Å². The van der Waals surface area contributed by atoms with Gasteiger partial charge in [-0.05, 0) is 42.2 Å². The third kappa shape index (κ3) is 6.02. The van der Waals surface area contributed by atoms with Crippen LogP contribution in [0.3, 0.4) is 0 Å². The molecule has 0 atom stereocenters. The van der Waals surface area contributed by atoms with Crippen LogP contribution in [-0.4, -0.2) is 24.0 Å². The largest absolute Gasteiger partial charge is 0.431 e. The van der Waals surface area contributed by atoms with Gasteiger partial charge >= 0.3 is 13.2 Å². The molecule has 3 aromatic rings. The molecule has 0 radical (unpaired) electrons. The molecule has 2 aromatic carbocycles. The van der Waals surface area contributed by atoms with Crippen molar-refractivity contribution in [3.8, 4) is 11.5 Å². The van der Waals surface area contributed by atoms with E-state index in [9.17, 15) is 17.6 Å². The van der Waals surface area contributed by atoms with Crippen LogP contribution in [0, 0.1) is 0 Å². The molecular weight excluding hydrogens is 440 g/mol. The third-order valence-electron chi connectivity index (χ3n) is 3.93. The van der Waals surface area contributed by atoms with Crippen molar-refractivity contribution < 1.29 is 27.0 Å². The molecule has 0 fully saturated rings. The number of hydrogen-bond acceptors (Lipinski definition) is 6. The van der Waals surface area contributed by atoms with Crippen LogP contribution in [0.2, 0.25) is 0 Å². The van der Waals surface area contributed by atoms with Crippen molar-refractivity contribution in [1.29, 1.82) is 0 Å². The maximum atomic E-state index is 12.8. The summed E-state index contributed by atoms with van der Waals surface area (Å²) in [5.41, 5.74) is 2.98. The summed E-state index contributed by atoms with van der Waals surface area (Å²) < 4.78 is 59.7. The third-order valence-corrected chi connectivity index (χ3v) is 5.59. The van der Waals surface area contributed by atoms with E-state index >= 15 is 0 Å². The molecule has 0 aliphatic carbocycles. The van der Waals surface area contributed by atoms with Crippen LogP contribution in [0.4, 0.5) is 28.9 Å². The Morgan fingerprint density at radius 1 is 0.967 bits per heavy atom. The topological polar surface area (TPSA) is 34.6 Å². The van der Waals surface area contributed by atoms with E-state index in [4.69, 9.17) is 0 Å². The Labute approximate surface area is 179 Å². The summed E-state index contributed by atoms with van der Waals surface area (Å²) >= 11 is 3.14. The number of rotatable bonds is 10. The zero-order valence-corrected chi connectivity index (χ0v) is 17.4. The van der Waals surface area contributed by atoms with Gasteiger partial charge in [0.1, 0.15) is 0 Å². The fourth-order valence-corrected chi connectivity index (χ4v) is 3.99. The highest BCUT2D eigenvalue weighted by Gasteiger charge is 2.19. The number of benzene rings is 2. The molecule has 1 aromatic heterocycles. The molecule has 30 heavy (non-hydrogen) atoms. The van der Waals surface area contributed by atoms with Gasteiger partial charge in [0, 0.05) is 33.4 Å². The van der Waals surface area contributed by atoms with E-state index in [-0.39, 0.29) is 0 Å². The Balaban J connectivity index is 1.99. The molecule has 0 amide bonds. The average Bonchev–Trinajstić information content (AvgIpc) is 3.21. The van der Waals surface area contributed by atoms with Crippen molar-refractivity contribution in [2.75, 3.05) is 10.7 Å². The fourth-order valence-electron chi connectivity index (χ4n) is 2.74. The highest BCUT2D eigenvalue weighted by Crippen LogP contribution is 2.38. The van der Waals surface area contributed by atoms with Gasteiger partial charge in [-0.2, -0.15) is 17.6 Å². The lowest BCUT2D eigenvalue weighted by Gasteiger charge is -2.26. The van der Waals surface area contributed by atoms with Crippen LogP contribution < -0.4 is 14.4 Å². The highest BCUT2D eigenvalue weighted by atomic mass is 32.2. The van der Waals surface area contributed by atoms with Crippen LogP contribution in [0.15, 0.2) is 59.1 Å². The predicted octanol–water partition coefficient (Wildman–Crippen LogP) is 6.80. The van der Waals surface area contributed by atoms with Crippen molar-refractivity contribution in [2.45, 2.75) is 31.6 Å². The molecule has 0 unspecified atom stereocenters. The number of thiazole rings is 1. The Bertz CT molecular complexity index is 925. The number of hydrogen-bond donors (Lipinski definition) is 0. The lowest BCUT2D eigenvalue weighted by atomic mass is 10.2. The zero-order valence-electron chi connectivity index (χ0n) is 15.8. The average molecular weight is 459 g/mol. The number of aromatic nitrogens is 1. The molecule has 0 aliphatic rings. The van der Waals surface area contributed by atoms with E-state index in [0.29, 0.717) is 12.2 Å². The minimum atomic E-state index is -3.18. The summed E-state index contributed by atoms with van der Waals surface area (Å²) in [4.78, 5) is 7.96. The van der Waals surface area contributed by atoms with Gasteiger partial charge in [-0.3, -0.25) is 4.98 Å². The molecule has 3 rings (SSSR count). The van der Waals surface area contributed by atoms with Crippen LogP contribution >= 0.6 is 23.1 Å². The summed E-state index contributed by atoms with van der Waals surface area (Å²) in [6, 6.07) is 11.7. The molecular formula is C20H18F4N2O2S2. The van der Waals surface area contributed by atoms with Crippen LogP contribution in [-0.2, 0) is 6.54 Å². The zero-order chi connectivity index (χ0) is 21.5. The number of anilines is 2. The summed E-state index contributed by atoms with van der Waals surface area (Å²) in [6.07, 6.45) is 1.71. The summed E-state index contributed by atoms with van der Waals surface area (Å²) in [6.45, 7) is -3.87. The maximum absolute atomic E-state index is 12.8. The second-order valence-electron chi connectivity index (χ2n) is 5.87. The van der Waals surface area contributed by atoms with Crippen LogP contribution in [0.25, 0.3) is 0 Å². The number of halogens is 4. The first-order chi connectivity index (χ1) is 14.5. The van der Waals surface area contributed by atoms with Gasteiger partial charge in [-0.15, -0.1) is 23.1 Å². The van der Waals surface area contributed by atoms with Crippen molar-refractivity contribution >= 4 is 34.5 Å². The lowest BCUT2D eigenvalue weighted by molar-refractivity contribution is -0.0692. The Morgan fingerprint density at radius 3 is 2.23 bits per heavy atom. The van der Waals surface area contributed by atoms with Crippen molar-refractivity contribution in [1.82, 2.24) is 4.98 Å². The molecule has 0 saturated heterocycles. The number of thioether (sulfide) groups is 1. The summed E-state index contributed by atoms with van der Waals surface area (Å²) in [7, 11) is 0. The fraction of sp³-hybridized carbons (Fsp3) is 0.250. The van der Waals surface area contributed by atoms with Gasteiger partial charge < -0.3 is 14.4 Å². The first-order valence-corrected chi connectivity index (χ1v) is 10.7. The predicted molar refractivity (Wildman–Crippen MR) is 111 cm³/mol. The van der Waals surface area contributed by atoms with Gasteiger partial charge in [0.25, 0.3) is 0 Å². The maximum Gasteiger partial charge on any atom is 0.387 e. The lowest BCUT2D eigenvalue weighted by Crippen LogP contribution is -2.16. The Morgan fingerprint density at radius 2 is 1.63 bits per heavy atom. The van der Waals surface area contributed by atoms with E-state index in [0.717, 1.165) is 21.2 Å². The van der Waals surface area contributed by atoms with E-state index < -0.39 is 24.7 Å². The molecule has 0 spiro atoms. The smallest absolute Gasteiger partial charge is 0.387 e. The van der Waals surface area contributed by atoms with Crippen LogP contribution in [0.1, 0.15) is 11.8 Å². The summed E-state index contributed by atoms with van der Waals surface area (Å²) in [5.74, 6) is 0.0147. The first-order valence-electron chi connectivity index (χ1n) is 8.87. The molecule has 1 heterocycles. The number of alkyl halides is 4. The second kappa shape index (κ2) is 10.5. The standard InChI is InChI=1S/C20H18F4N2O2S2/c1-2-29-15-6-3-13(4-7-15)26(11-16-10-25-12-30-16)14-5-8-17(27-19(21)22)18(9-14)28-20(23)24/h3-10,12,19-20H,2,11H2,1H3. The minimum absolute atomic E-state index is 0.411. The molecule has 0 saturated carbocycles. The van der Waals surface area contributed by atoms with E-state index in [1.54, 1.807) is 23.5 Å². The van der Waals surface area contributed by atoms with E-state index in [1.807, 2.05) is 29.2 Å². The molecule has 160 valence electrons. The molecule has 0 N–H and O–H groups in total. The SMILES string of the molecule is CCSc1ccc(N(Cc2cncs2)c2ccc(OC(F)F)c(OC(F)F)c2)cc1. The van der Waals surface area contributed by atoms with Gasteiger partial charge in [-0.25, -0.2) is 0 Å².